The van der Waals surface area contributed by atoms with Gasteiger partial charge in [0, 0.05) is 0 Å². The van der Waals surface area contributed by atoms with E-state index in [9.17, 15) is 0 Å². The molecule has 0 heterocycles. The molecular weight excluding hydrogens is 246 g/mol. The molecule has 0 spiro atoms. The Morgan fingerprint density at radius 3 is 1.45 bits per heavy atom. The van der Waals surface area contributed by atoms with Crippen molar-refractivity contribution in [3.05, 3.63) is 72.8 Å². The van der Waals surface area contributed by atoms with Crippen LogP contribution in [0.2, 0.25) is 0 Å². The molecule has 0 aliphatic heterocycles. The van der Waals surface area contributed by atoms with E-state index in [4.69, 9.17) is 0 Å². The highest BCUT2D eigenvalue weighted by atomic mass is 14.7. The van der Waals surface area contributed by atoms with Crippen molar-refractivity contribution in [3.63, 3.8) is 0 Å². The van der Waals surface area contributed by atoms with Crippen molar-refractivity contribution in [1.29, 1.82) is 0 Å². The monoisotopic (exact) mass is 258 g/mol. The van der Waals surface area contributed by atoms with E-state index >= 15 is 0 Å². The maximum absolute atomic E-state index is 2.33. The zero-order valence-corrected chi connectivity index (χ0v) is 10.9. The van der Waals surface area contributed by atoms with E-state index in [-0.39, 0.29) is 0 Å². The second-order valence-corrected chi connectivity index (χ2v) is 5.45. The predicted molar refractivity (Wildman–Crippen MR) is 85.9 cm³/mol. The molecule has 0 bridgehead atoms. The Kier molecular flexibility index (Phi) is 1.78. The van der Waals surface area contributed by atoms with Gasteiger partial charge < -0.3 is 0 Å². The van der Waals surface area contributed by atoms with Crippen LogP contribution in [-0.4, -0.2) is 0 Å². The first-order chi connectivity index (χ1) is 9.92. The van der Waals surface area contributed by atoms with Gasteiger partial charge in [0.2, 0.25) is 0 Å². The summed E-state index contributed by atoms with van der Waals surface area (Å²) >= 11 is 0. The Hall–Kier alpha value is -2.60. The molecule has 0 atom stereocenters. The highest BCUT2D eigenvalue weighted by Gasteiger charge is 2.20. The summed E-state index contributed by atoms with van der Waals surface area (Å²) in [6, 6.07) is 26.5. The van der Waals surface area contributed by atoms with Crippen LogP contribution in [0.5, 0.6) is 0 Å². The van der Waals surface area contributed by atoms with Crippen LogP contribution < -0.4 is 0 Å². The van der Waals surface area contributed by atoms with E-state index < -0.39 is 0 Å². The largest absolute Gasteiger partial charge is 0.0616 e. The van der Waals surface area contributed by atoms with Gasteiger partial charge in [-0.05, 0) is 55.9 Å². The molecule has 0 nitrogen and oxygen atoms in total. The summed E-state index contributed by atoms with van der Waals surface area (Å²) in [5, 5.41) is 5.37. The standard InChI is InChI=1S/C20H12/c1-2-6-15-12-19-17-10-4-8-13-7-3-9-16(20(13)17)18(19)11-14(15)5-1/h1-12H/i3+1,4+1,7+1,8+1,9+1,13+1. The molecule has 0 saturated carbocycles. The van der Waals surface area contributed by atoms with Gasteiger partial charge in [0.25, 0.3) is 0 Å². The average Bonchev–Trinajstić information content (AvgIpc) is 2.82. The number of hydrogen-bond donors (Lipinski definition) is 0. The summed E-state index contributed by atoms with van der Waals surface area (Å²) in [4.78, 5) is 0. The van der Waals surface area contributed by atoms with E-state index in [1.165, 1.54) is 43.8 Å². The van der Waals surface area contributed by atoms with Crippen LogP contribution in [0, 0.1) is 0 Å². The zero-order valence-electron chi connectivity index (χ0n) is 10.9. The fourth-order valence-electron chi connectivity index (χ4n) is 3.48. The second kappa shape index (κ2) is 3.49. The molecule has 5 rings (SSSR count). The quantitative estimate of drug-likeness (QED) is 0.337. The van der Waals surface area contributed by atoms with Gasteiger partial charge in [0.15, 0.2) is 0 Å². The predicted octanol–water partition coefficient (Wildman–Crippen LogP) is 5.64. The third kappa shape index (κ3) is 1.16. The Balaban J connectivity index is 2.02. The van der Waals surface area contributed by atoms with Crippen LogP contribution >= 0.6 is 0 Å². The van der Waals surface area contributed by atoms with Crippen molar-refractivity contribution >= 4 is 21.5 Å². The zero-order chi connectivity index (χ0) is 13.1. The normalized spacial score (nSPS) is 12.0. The van der Waals surface area contributed by atoms with Gasteiger partial charge >= 0.3 is 0 Å². The van der Waals surface area contributed by atoms with Crippen molar-refractivity contribution in [2.45, 2.75) is 0 Å². The van der Waals surface area contributed by atoms with E-state index in [1.807, 2.05) is 0 Å². The maximum atomic E-state index is 2.33. The lowest BCUT2D eigenvalue weighted by Crippen LogP contribution is -1.78. The third-order valence-corrected chi connectivity index (χ3v) is 4.37. The molecule has 0 radical (unpaired) electrons. The topological polar surface area (TPSA) is 0 Å². The van der Waals surface area contributed by atoms with Gasteiger partial charge in [0.05, 0.1) is 0 Å². The number of fused-ring (bicyclic) bond motifs is 4. The third-order valence-electron chi connectivity index (χ3n) is 4.37. The van der Waals surface area contributed by atoms with Crippen molar-refractivity contribution in [2.75, 3.05) is 0 Å². The van der Waals surface area contributed by atoms with Crippen LogP contribution in [0.1, 0.15) is 0 Å². The van der Waals surface area contributed by atoms with Crippen LogP contribution in [0.15, 0.2) is 72.8 Å². The fourth-order valence-corrected chi connectivity index (χ4v) is 3.48. The summed E-state index contributed by atoms with van der Waals surface area (Å²) in [5.74, 6) is 0. The fraction of sp³-hybridized carbons (Fsp3) is 0. The van der Waals surface area contributed by atoms with Gasteiger partial charge in [-0.1, -0.05) is 60.7 Å². The van der Waals surface area contributed by atoms with Gasteiger partial charge in [-0.25, -0.2) is 0 Å². The van der Waals surface area contributed by atoms with Crippen LogP contribution in [0.3, 0.4) is 0 Å². The minimum atomic E-state index is 1.32. The summed E-state index contributed by atoms with van der Waals surface area (Å²) < 4.78 is 0. The molecule has 0 heteroatoms. The molecule has 0 fully saturated rings. The van der Waals surface area contributed by atoms with E-state index in [0.29, 0.717) is 0 Å². The molecule has 4 aromatic carbocycles. The van der Waals surface area contributed by atoms with Gasteiger partial charge in [-0.15, -0.1) is 0 Å². The first-order valence-electron chi connectivity index (χ1n) is 6.97. The Morgan fingerprint density at radius 2 is 0.900 bits per heavy atom. The second-order valence-electron chi connectivity index (χ2n) is 5.45. The van der Waals surface area contributed by atoms with Crippen molar-refractivity contribution in [3.8, 4) is 22.3 Å². The summed E-state index contributed by atoms with van der Waals surface area (Å²) in [7, 11) is 0. The van der Waals surface area contributed by atoms with Gasteiger partial charge in [0.1, 0.15) is 0 Å². The molecule has 0 saturated heterocycles. The lowest BCUT2D eigenvalue weighted by Gasteiger charge is -2.05. The molecule has 0 N–H and O–H groups in total. The molecule has 92 valence electrons. The van der Waals surface area contributed by atoms with E-state index in [0.717, 1.165) is 0 Å². The highest BCUT2D eigenvalue weighted by Crippen LogP contribution is 2.48. The first-order valence-corrected chi connectivity index (χ1v) is 6.97. The van der Waals surface area contributed by atoms with Gasteiger partial charge in [-0.3, -0.25) is 0 Å². The lowest BCUT2D eigenvalue weighted by molar-refractivity contribution is 1.73. The Labute approximate surface area is 117 Å². The molecule has 0 amide bonds. The number of benzene rings is 4. The molecular formula is C20H12. The number of rotatable bonds is 0. The highest BCUT2D eigenvalue weighted by molar-refractivity contribution is 6.17. The van der Waals surface area contributed by atoms with Crippen molar-refractivity contribution < 1.29 is 0 Å². The van der Waals surface area contributed by atoms with E-state index in [2.05, 4.69) is 72.8 Å². The average molecular weight is 258 g/mol. The number of hydrogen-bond acceptors (Lipinski definition) is 0. The molecule has 20 heavy (non-hydrogen) atoms. The Morgan fingerprint density at radius 1 is 0.400 bits per heavy atom. The van der Waals surface area contributed by atoms with Crippen LogP contribution in [-0.2, 0) is 0 Å². The van der Waals surface area contributed by atoms with Crippen molar-refractivity contribution in [2.24, 2.45) is 0 Å². The minimum absolute atomic E-state index is 1.32. The molecule has 1 aliphatic rings. The lowest BCUT2D eigenvalue weighted by atomic mass is 10.0. The maximum Gasteiger partial charge on any atom is -0.00264 e. The molecule has 1 aliphatic carbocycles. The van der Waals surface area contributed by atoms with Crippen LogP contribution in [0.4, 0.5) is 0 Å². The summed E-state index contributed by atoms with van der Waals surface area (Å²) in [6.45, 7) is 0. The van der Waals surface area contributed by atoms with Gasteiger partial charge in [-0.2, -0.15) is 0 Å². The van der Waals surface area contributed by atoms with E-state index in [1.54, 1.807) is 0 Å². The van der Waals surface area contributed by atoms with Crippen molar-refractivity contribution in [1.82, 2.24) is 0 Å². The molecule has 0 aromatic heterocycles. The first kappa shape index (κ1) is 10.2. The minimum Gasteiger partial charge on any atom is -0.0616 e. The SMILES string of the molecule is c1ccc2cc3c(cc2c1)-c1c[13cH][13cH][13c]2[13cH][13cH][13cH]c-3c12. The smallest absolute Gasteiger partial charge is 0.00264 e. The molecule has 4 aromatic rings. The van der Waals surface area contributed by atoms with Crippen LogP contribution in [0.25, 0.3) is 43.8 Å². The Bertz CT molecular complexity index is 916. The summed E-state index contributed by atoms with van der Waals surface area (Å²) in [5.41, 5.74) is 5.49. The molecule has 0 unspecified atom stereocenters. The summed E-state index contributed by atoms with van der Waals surface area (Å²) in [6.07, 6.45) is 0.